The maximum atomic E-state index is 11.7. The Kier molecular flexibility index (Phi) is 4.84. The van der Waals surface area contributed by atoms with Crippen molar-refractivity contribution in [3.8, 4) is 0 Å². The van der Waals surface area contributed by atoms with Gasteiger partial charge in [-0.2, -0.15) is 0 Å². The van der Waals surface area contributed by atoms with Gasteiger partial charge in [-0.3, -0.25) is 0 Å². The predicted octanol–water partition coefficient (Wildman–Crippen LogP) is 0.154. The van der Waals surface area contributed by atoms with Crippen molar-refractivity contribution in [3.63, 3.8) is 0 Å². The van der Waals surface area contributed by atoms with Gasteiger partial charge in [0.05, 0.1) is 12.7 Å². The molecule has 5 nitrogen and oxygen atoms in total. The van der Waals surface area contributed by atoms with E-state index in [9.17, 15) is 4.79 Å². The van der Waals surface area contributed by atoms with Crippen molar-refractivity contribution in [2.24, 2.45) is 5.73 Å². The van der Waals surface area contributed by atoms with Crippen molar-refractivity contribution in [1.29, 1.82) is 0 Å². The third-order valence-electron chi connectivity index (χ3n) is 2.33. The number of carbonyl (C=O) groups is 1. The van der Waals surface area contributed by atoms with Gasteiger partial charge in [0.2, 0.25) is 0 Å². The average Bonchev–Trinajstić information content (AvgIpc) is 2.17. The smallest absolute Gasteiger partial charge is 0.317 e. The fraction of sp³-hybridized carbons (Fsp3) is 0.900. The summed E-state index contributed by atoms with van der Waals surface area (Å²) in [5, 5.41) is 2.88. The molecule has 0 aromatic rings. The number of morpholine rings is 1. The number of amides is 2. The van der Waals surface area contributed by atoms with E-state index >= 15 is 0 Å². The van der Waals surface area contributed by atoms with Gasteiger partial charge < -0.3 is 20.7 Å². The maximum absolute atomic E-state index is 11.7. The van der Waals surface area contributed by atoms with E-state index in [2.05, 4.69) is 5.32 Å². The van der Waals surface area contributed by atoms with Crippen molar-refractivity contribution in [2.45, 2.75) is 32.4 Å². The number of carbonyl (C=O) groups excluding carboxylic acids is 1. The van der Waals surface area contributed by atoms with Crippen molar-refractivity contribution in [3.05, 3.63) is 0 Å². The van der Waals surface area contributed by atoms with Crippen LogP contribution < -0.4 is 11.1 Å². The second-order valence-corrected chi connectivity index (χ2v) is 4.12. The van der Waals surface area contributed by atoms with Gasteiger partial charge in [-0.15, -0.1) is 0 Å². The lowest BCUT2D eigenvalue weighted by Gasteiger charge is -2.33. The number of hydrogen-bond donors (Lipinski definition) is 2. The molecule has 2 amide bonds. The van der Waals surface area contributed by atoms with Crippen LogP contribution in [0.2, 0.25) is 0 Å². The molecule has 1 rings (SSSR count). The Bertz CT molecular complexity index is 207. The molecule has 1 atom stereocenters. The Morgan fingerprint density at radius 3 is 3.00 bits per heavy atom. The Morgan fingerprint density at radius 1 is 1.67 bits per heavy atom. The normalized spacial score (nSPS) is 21.9. The molecular weight excluding hydrogens is 194 g/mol. The highest BCUT2D eigenvalue weighted by Gasteiger charge is 2.23. The molecule has 0 aliphatic carbocycles. The van der Waals surface area contributed by atoms with Crippen LogP contribution in [0.5, 0.6) is 0 Å². The van der Waals surface area contributed by atoms with Crippen LogP contribution in [0.4, 0.5) is 4.79 Å². The van der Waals surface area contributed by atoms with Crippen LogP contribution in [0.3, 0.4) is 0 Å². The summed E-state index contributed by atoms with van der Waals surface area (Å²) in [6.07, 6.45) is 0.910. The molecule has 0 aromatic carbocycles. The van der Waals surface area contributed by atoms with Crippen molar-refractivity contribution in [1.82, 2.24) is 10.2 Å². The number of urea groups is 1. The lowest BCUT2D eigenvalue weighted by Crippen LogP contribution is -2.51. The molecule has 0 aromatic heterocycles. The van der Waals surface area contributed by atoms with E-state index in [0.29, 0.717) is 26.2 Å². The highest BCUT2D eigenvalue weighted by Crippen LogP contribution is 2.08. The Balaban J connectivity index is 2.38. The van der Waals surface area contributed by atoms with Crippen molar-refractivity contribution >= 4 is 6.03 Å². The number of nitrogens with zero attached hydrogens (tertiary/aromatic N) is 1. The number of hydrogen-bond acceptors (Lipinski definition) is 3. The standard InChI is InChI=1S/C10H21N3O2/c1-8(2)12-10(14)13-5-6-15-9(7-13)3-4-11/h8-9H,3-7,11H2,1-2H3,(H,12,14). The molecule has 5 heteroatoms. The topological polar surface area (TPSA) is 67.6 Å². The first-order valence-electron chi connectivity index (χ1n) is 5.50. The molecule has 1 aliphatic rings. The zero-order valence-corrected chi connectivity index (χ0v) is 9.53. The van der Waals surface area contributed by atoms with Crippen LogP contribution >= 0.6 is 0 Å². The Hall–Kier alpha value is -0.810. The summed E-state index contributed by atoms with van der Waals surface area (Å²) in [7, 11) is 0. The first-order chi connectivity index (χ1) is 7.13. The summed E-state index contributed by atoms with van der Waals surface area (Å²) in [6.45, 7) is 6.43. The molecule has 0 radical (unpaired) electrons. The highest BCUT2D eigenvalue weighted by atomic mass is 16.5. The van der Waals surface area contributed by atoms with Crippen LogP contribution in [-0.2, 0) is 4.74 Å². The number of ether oxygens (including phenoxy) is 1. The first-order valence-corrected chi connectivity index (χ1v) is 5.50. The summed E-state index contributed by atoms with van der Waals surface area (Å²) in [4.78, 5) is 13.5. The molecule has 0 bridgehead atoms. The minimum atomic E-state index is -0.00433. The second-order valence-electron chi connectivity index (χ2n) is 4.12. The lowest BCUT2D eigenvalue weighted by molar-refractivity contribution is -0.0167. The van der Waals surface area contributed by atoms with Gasteiger partial charge in [0.15, 0.2) is 0 Å². The fourth-order valence-corrected chi connectivity index (χ4v) is 1.60. The van der Waals surface area contributed by atoms with Crippen LogP contribution in [0.1, 0.15) is 20.3 Å². The quantitative estimate of drug-likeness (QED) is 0.704. The molecule has 15 heavy (non-hydrogen) atoms. The van der Waals surface area contributed by atoms with Gasteiger partial charge in [-0.05, 0) is 26.8 Å². The Labute approximate surface area is 90.9 Å². The maximum Gasteiger partial charge on any atom is 0.317 e. The van der Waals surface area contributed by atoms with Crippen LogP contribution in [0.15, 0.2) is 0 Å². The minimum absolute atomic E-state index is 0.00433. The van der Waals surface area contributed by atoms with Crippen LogP contribution in [-0.4, -0.2) is 49.3 Å². The van der Waals surface area contributed by atoms with Crippen LogP contribution in [0.25, 0.3) is 0 Å². The minimum Gasteiger partial charge on any atom is -0.374 e. The second kappa shape index (κ2) is 5.92. The van der Waals surface area contributed by atoms with Crippen molar-refractivity contribution in [2.75, 3.05) is 26.2 Å². The zero-order valence-electron chi connectivity index (χ0n) is 9.53. The summed E-state index contributed by atoms with van der Waals surface area (Å²) < 4.78 is 5.50. The molecule has 3 N–H and O–H groups in total. The fourth-order valence-electron chi connectivity index (χ4n) is 1.60. The van der Waals surface area contributed by atoms with E-state index in [1.54, 1.807) is 4.90 Å². The average molecular weight is 215 g/mol. The highest BCUT2D eigenvalue weighted by molar-refractivity contribution is 5.74. The lowest BCUT2D eigenvalue weighted by atomic mass is 10.2. The first kappa shape index (κ1) is 12.3. The largest absolute Gasteiger partial charge is 0.374 e. The third kappa shape index (κ3) is 4.05. The summed E-state index contributed by atoms with van der Waals surface area (Å²) in [5.74, 6) is 0. The third-order valence-corrected chi connectivity index (χ3v) is 2.33. The molecule has 88 valence electrons. The number of nitrogens with one attached hydrogen (secondary N) is 1. The predicted molar refractivity (Wildman–Crippen MR) is 58.7 cm³/mol. The van der Waals surface area contributed by atoms with E-state index in [4.69, 9.17) is 10.5 Å². The number of rotatable bonds is 3. The van der Waals surface area contributed by atoms with E-state index in [0.717, 1.165) is 6.42 Å². The molecule has 1 unspecified atom stereocenters. The van der Waals surface area contributed by atoms with Gasteiger partial charge in [-0.25, -0.2) is 4.79 Å². The summed E-state index contributed by atoms with van der Waals surface area (Å²) >= 11 is 0. The molecule has 1 saturated heterocycles. The summed E-state index contributed by atoms with van der Waals surface area (Å²) in [5.41, 5.74) is 5.46. The van der Waals surface area contributed by atoms with Crippen molar-refractivity contribution < 1.29 is 9.53 Å². The zero-order chi connectivity index (χ0) is 11.3. The van der Waals surface area contributed by atoms with Gasteiger partial charge in [0.25, 0.3) is 0 Å². The van der Waals surface area contributed by atoms with Crippen LogP contribution in [0, 0.1) is 0 Å². The molecule has 0 saturated carbocycles. The van der Waals surface area contributed by atoms with E-state index in [1.807, 2.05) is 13.8 Å². The van der Waals surface area contributed by atoms with E-state index in [-0.39, 0.29) is 18.2 Å². The van der Waals surface area contributed by atoms with Gasteiger partial charge in [0.1, 0.15) is 0 Å². The van der Waals surface area contributed by atoms with Gasteiger partial charge >= 0.3 is 6.03 Å². The van der Waals surface area contributed by atoms with Gasteiger partial charge in [0, 0.05) is 19.1 Å². The van der Waals surface area contributed by atoms with E-state index in [1.165, 1.54) is 0 Å². The molecule has 1 heterocycles. The molecular formula is C10H21N3O2. The molecule has 1 fully saturated rings. The molecule has 0 spiro atoms. The SMILES string of the molecule is CC(C)NC(=O)N1CCOC(CCN)C1. The Morgan fingerprint density at radius 2 is 2.40 bits per heavy atom. The monoisotopic (exact) mass is 215 g/mol. The summed E-state index contributed by atoms with van der Waals surface area (Å²) in [6, 6.07) is 0.170. The van der Waals surface area contributed by atoms with E-state index < -0.39 is 0 Å². The van der Waals surface area contributed by atoms with Gasteiger partial charge in [-0.1, -0.05) is 0 Å². The number of nitrogens with two attached hydrogens (primary N) is 1. The molecule has 1 aliphatic heterocycles.